The zero-order valence-corrected chi connectivity index (χ0v) is 6.84. The van der Waals surface area contributed by atoms with E-state index in [9.17, 15) is 4.79 Å². The minimum Gasteiger partial charge on any atom is -0.480 e. The van der Waals surface area contributed by atoms with Crippen LogP contribution in [0.2, 0.25) is 0 Å². The van der Waals surface area contributed by atoms with E-state index in [1.165, 1.54) is 0 Å². The second-order valence-corrected chi connectivity index (χ2v) is 3.73. The zero-order valence-electron chi connectivity index (χ0n) is 6.09. The van der Waals surface area contributed by atoms with E-state index in [1.807, 2.05) is 0 Å². The lowest BCUT2D eigenvalue weighted by Gasteiger charge is -2.29. The highest BCUT2D eigenvalue weighted by Crippen LogP contribution is 2.34. The fraction of sp³-hybridized carbons (Fsp3) is 0.857. The molecule has 11 heavy (non-hydrogen) atoms. The molecule has 0 spiro atoms. The number of alkyl halides is 1. The Morgan fingerprint density at radius 1 is 1.45 bits per heavy atom. The van der Waals surface area contributed by atoms with Crippen molar-refractivity contribution in [3.8, 4) is 0 Å². The highest BCUT2D eigenvalue weighted by atomic mass is 35.5. The number of carbonyl (C=O) groups is 1. The second kappa shape index (κ2) is 2.99. The van der Waals surface area contributed by atoms with Crippen LogP contribution < -0.4 is 0 Å². The van der Waals surface area contributed by atoms with Crippen LogP contribution in [0, 0.1) is 0 Å². The van der Waals surface area contributed by atoms with Gasteiger partial charge in [0.2, 0.25) is 0 Å². The van der Waals surface area contributed by atoms with E-state index in [-0.39, 0.29) is 6.10 Å². The lowest BCUT2D eigenvalue weighted by molar-refractivity contribution is -0.141. The first-order valence-electron chi connectivity index (χ1n) is 3.65. The molecule has 0 unspecified atom stereocenters. The number of aliphatic carboxylic acids is 1. The quantitative estimate of drug-likeness (QED) is 0.589. The minimum absolute atomic E-state index is 0.360. The summed E-state index contributed by atoms with van der Waals surface area (Å²) in [5.41, 5.74) is 0. The lowest BCUT2D eigenvalue weighted by atomic mass is 9.87. The molecular formula is C7H11ClO3. The second-order valence-electron chi connectivity index (χ2n) is 3.00. The molecular weight excluding hydrogens is 168 g/mol. The van der Waals surface area contributed by atoms with E-state index in [4.69, 9.17) is 21.8 Å². The lowest BCUT2D eigenvalue weighted by Crippen LogP contribution is -2.38. The summed E-state index contributed by atoms with van der Waals surface area (Å²) in [6.45, 7) is 0. The molecule has 1 aliphatic carbocycles. The van der Waals surface area contributed by atoms with Gasteiger partial charge in [-0.05, 0) is 25.7 Å². The molecule has 1 fully saturated rings. The molecule has 0 aromatic heterocycles. The van der Waals surface area contributed by atoms with E-state index >= 15 is 0 Å². The molecule has 1 aliphatic rings. The summed E-state index contributed by atoms with van der Waals surface area (Å²) in [7, 11) is 0. The topological polar surface area (TPSA) is 57.5 Å². The van der Waals surface area contributed by atoms with Crippen molar-refractivity contribution in [2.75, 3.05) is 0 Å². The molecule has 0 saturated heterocycles. The monoisotopic (exact) mass is 178 g/mol. The van der Waals surface area contributed by atoms with Crippen LogP contribution in [-0.4, -0.2) is 27.2 Å². The molecule has 0 aromatic rings. The molecule has 1 saturated carbocycles. The molecule has 0 aliphatic heterocycles. The van der Waals surface area contributed by atoms with Crippen LogP contribution in [0.5, 0.6) is 0 Å². The van der Waals surface area contributed by atoms with E-state index < -0.39 is 10.8 Å². The van der Waals surface area contributed by atoms with Crippen molar-refractivity contribution in [1.82, 2.24) is 0 Å². The molecule has 0 bridgehead atoms. The standard InChI is InChI=1S/C7H11ClO3/c8-7(6(10)11)3-1-5(9)2-4-7/h5,9H,1-4H2,(H,10,11). The third-order valence-electron chi connectivity index (χ3n) is 2.13. The van der Waals surface area contributed by atoms with E-state index in [2.05, 4.69) is 0 Å². The maximum atomic E-state index is 10.6. The number of carboxylic acids is 1. The van der Waals surface area contributed by atoms with Gasteiger partial charge in [-0.25, -0.2) is 0 Å². The molecule has 0 radical (unpaired) electrons. The average Bonchev–Trinajstić information content (AvgIpc) is 1.95. The van der Waals surface area contributed by atoms with Crippen molar-refractivity contribution in [3.63, 3.8) is 0 Å². The first-order valence-corrected chi connectivity index (χ1v) is 4.03. The summed E-state index contributed by atoms with van der Waals surface area (Å²) in [5, 5.41) is 17.7. The first kappa shape index (κ1) is 8.81. The van der Waals surface area contributed by atoms with Crippen LogP contribution >= 0.6 is 11.6 Å². The Balaban J connectivity index is 2.55. The first-order chi connectivity index (χ1) is 5.04. The molecule has 1 rings (SSSR count). The van der Waals surface area contributed by atoms with Gasteiger partial charge in [-0.3, -0.25) is 4.79 Å². The molecule has 3 nitrogen and oxygen atoms in total. The largest absolute Gasteiger partial charge is 0.480 e. The highest BCUT2D eigenvalue weighted by molar-refractivity contribution is 6.33. The van der Waals surface area contributed by atoms with E-state index in [0.717, 1.165) is 0 Å². The fourth-order valence-corrected chi connectivity index (χ4v) is 1.49. The number of hydrogen-bond acceptors (Lipinski definition) is 2. The van der Waals surface area contributed by atoms with Crippen LogP contribution in [0.15, 0.2) is 0 Å². The van der Waals surface area contributed by atoms with Crippen molar-refractivity contribution in [2.24, 2.45) is 0 Å². The van der Waals surface area contributed by atoms with Gasteiger partial charge in [-0.2, -0.15) is 0 Å². The molecule has 64 valence electrons. The number of hydrogen-bond donors (Lipinski definition) is 2. The Kier molecular flexibility index (Phi) is 2.40. The Morgan fingerprint density at radius 2 is 1.91 bits per heavy atom. The van der Waals surface area contributed by atoms with Crippen LogP contribution in [0.3, 0.4) is 0 Å². The SMILES string of the molecule is O=C(O)C1(Cl)CCC(O)CC1. The predicted octanol–water partition coefficient (Wildman–Crippen LogP) is 0.984. The summed E-state index contributed by atoms with van der Waals surface area (Å²) in [5.74, 6) is -0.967. The fourth-order valence-electron chi connectivity index (χ4n) is 1.27. The summed E-state index contributed by atoms with van der Waals surface area (Å²) >= 11 is 5.76. The number of aliphatic hydroxyl groups is 1. The van der Waals surface area contributed by atoms with E-state index in [1.54, 1.807) is 0 Å². The number of halogens is 1. The van der Waals surface area contributed by atoms with Crippen molar-refractivity contribution in [2.45, 2.75) is 36.7 Å². The molecule has 0 heterocycles. The van der Waals surface area contributed by atoms with Gasteiger partial charge in [0.25, 0.3) is 0 Å². The van der Waals surface area contributed by atoms with E-state index in [0.29, 0.717) is 25.7 Å². The van der Waals surface area contributed by atoms with Gasteiger partial charge < -0.3 is 10.2 Å². The Bertz CT molecular complexity index is 161. The normalized spacial score (nSPS) is 38.5. The van der Waals surface area contributed by atoms with Crippen molar-refractivity contribution < 1.29 is 15.0 Å². The molecule has 0 amide bonds. The minimum atomic E-state index is -1.11. The van der Waals surface area contributed by atoms with Gasteiger partial charge in [0.1, 0.15) is 4.87 Å². The predicted molar refractivity (Wildman–Crippen MR) is 40.7 cm³/mol. The summed E-state index contributed by atoms with van der Waals surface area (Å²) < 4.78 is 0. The number of carboxylic acid groups (broad SMARTS) is 1. The summed E-state index contributed by atoms with van der Waals surface area (Å²) in [6, 6.07) is 0. The van der Waals surface area contributed by atoms with Crippen molar-refractivity contribution >= 4 is 17.6 Å². The van der Waals surface area contributed by atoms with Crippen molar-refractivity contribution in [1.29, 1.82) is 0 Å². The van der Waals surface area contributed by atoms with Gasteiger partial charge >= 0.3 is 5.97 Å². The van der Waals surface area contributed by atoms with Crippen LogP contribution in [0.4, 0.5) is 0 Å². The summed E-state index contributed by atoms with van der Waals surface area (Å²) in [4.78, 5) is 9.46. The zero-order chi connectivity index (χ0) is 8.48. The molecule has 0 atom stereocenters. The Labute approximate surface area is 70.0 Å². The third-order valence-corrected chi connectivity index (χ3v) is 2.67. The van der Waals surface area contributed by atoms with Gasteiger partial charge in [0, 0.05) is 0 Å². The smallest absolute Gasteiger partial charge is 0.324 e. The maximum Gasteiger partial charge on any atom is 0.324 e. The van der Waals surface area contributed by atoms with Gasteiger partial charge in [-0.1, -0.05) is 0 Å². The van der Waals surface area contributed by atoms with Crippen LogP contribution in [0.25, 0.3) is 0 Å². The van der Waals surface area contributed by atoms with Crippen molar-refractivity contribution in [3.05, 3.63) is 0 Å². The van der Waals surface area contributed by atoms with Gasteiger partial charge in [-0.15, -0.1) is 11.6 Å². The van der Waals surface area contributed by atoms with Gasteiger partial charge in [0.15, 0.2) is 0 Å². The van der Waals surface area contributed by atoms with Gasteiger partial charge in [0.05, 0.1) is 6.10 Å². The van der Waals surface area contributed by atoms with Crippen LogP contribution in [0.1, 0.15) is 25.7 Å². The summed E-state index contributed by atoms with van der Waals surface area (Å²) in [6.07, 6.45) is 1.36. The molecule has 2 N–H and O–H groups in total. The average molecular weight is 179 g/mol. The Hall–Kier alpha value is -0.280. The maximum absolute atomic E-state index is 10.6. The number of aliphatic hydroxyl groups excluding tert-OH is 1. The third kappa shape index (κ3) is 1.84. The van der Waals surface area contributed by atoms with Crippen LogP contribution in [-0.2, 0) is 4.79 Å². The molecule has 0 aromatic carbocycles. The Morgan fingerprint density at radius 3 is 2.27 bits per heavy atom. The highest BCUT2D eigenvalue weighted by Gasteiger charge is 2.39. The number of rotatable bonds is 1. The molecule has 4 heteroatoms.